The van der Waals surface area contributed by atoms with E-state index in [0.29, 0.717) is 32.3 Å². The summed E-state index contributed by atoms with van der Waals surface area (Å²) in [5.41, 5.74) is 1.42. The van der Waals surface area contributed by atoms with E-state index in [9.17, 15) is 9.90 Å². The van der Waals surface area contributed by atoms with Gasteiger partial charge in [-0.05, 0) is 55.0 Å². The minimum absolute atomic E-state index is 0.0627. The first kappa shape index (κ1) is 17.8. The normalized spacial score (nSPS) is 15.9. The number of aromatic hydroxyl groups is 1. The summed E-state index contributed by atoms with van der Waals surface area (Å²) in [6, 6.07) is 11.9. The molecule has 1 aliphatic rings. The van der Waals surface area contributed by atoms with Gasteiger partial charge in [-0.2, -0.15) is 0 Å². The molecule has 0 radical (unpaired) electrons. The van der Waals surface area contributed by atoms with Crippen LogP contribution in [0.2, 0.25) is 5.02 Å². The molecule has 2 aromatic carbocycles. The second-order valence-electron chi connectivity index (χ2n) is 5.15. The summed E-state index contributed by atoms with van der Waals surface area (Å²) in [5.74, 6) is 0.250. The summed E-state index contributed by atoms with van der Waals surface area (Å²) < 4.78 is 5.83. The van der Waals surface area contributed by atoms with Crippen LogP contribution < -0.4 is 9.64 Å². The van der Waals surface area contributed by atoms with E-state index in [1.165, 1.54) is 22.7 Å². The number of benzene rings is 2. The van der Waals surface area contributed by atoms with E-state index < -0.39 is 0 Å². The fourth-order valence-electron chi connectivity index (χ4n) is 2.32. The monoisotopic (exact) mass is 391 g/mol. The second-order valence-corrected chi connectivity index (χ2v) is 7.27. The number of nitrogens with zero attached hydrogens (tertiary/aromatic N) is 1. The van der Waals surface area contributed by atoms with Gasteiger partial charge in [-0.15, -0.1) is 0 Å². The van der Waals surface area contributed by atoms with E-state index in [0.717, 1.165) is 5.56 Å². The highest BCUT2D eigenvalue weighted by Crippen LogP contribution is 2.37. The summed E-state index contributed by atoms with van der Waals surface area (Å²) in [6.07, 6.45) is 1.73. The minimum atomic E-state index is -0.191. The molecule has 25 heavy (non-hydrogen) atoms. The third-order valence-corrected chi connectivity index (χ3v) is 5.01. The molecular weight excluding hydrogens is 378 g/mol. The highest BCUT2D eigenvalue weighted by Gasteiger charge is 2.33. The van der Waals surface area contributed by atoms with Gasteiger partial charge in [0.15, 0.2) is 15.8 Å². The summed E-state index contributed by atoms with van der Waals surface area (Å²) in [5, 5.41) is 10.4. The van der Waals surface area contributed by atoms with Gasteiger partial charge in [-0.3, -0.25) is 9.69 Å². The summed E-state index contributed by atoms with van der Waals surface area (Å²) in [4.78, 5) is 14.7. The molecule has 0 aliphatic carbocycles. The molecule has 7 heteroatoms. The molecule has 2 aromatic rings. The van der Waals surface area contributed by atoms with Gasteiger partial charge in [0.05, 0.1) is 17.2 Å². The number of hydrogen-bond acceptors (Lipinski definition) is 5. The lowest BCUT2D eigenvalue weighted by Crippen LogP contribution is -2.27. The molecule has 1 amide bonds. The van der Waals surface area contributed by atoms with Gasteiger partial charge in [0.2, 0.25) is 0 Å². The number of carbonyl (C=O) groups excluding carboxylic acids is 1. The fourth-order valence-corrected chi connectivity index (χ4v) is 3.75. The first-order valence-electron chi connectivity index (χ1n) is 7.49. The van der Waals surface area contributed by atoms with Crippen molar-refractivity contribution < 1.29 is 14.6 Å². The Balaban J connectivity index is 1.90. The molecule has 1 heterocycles. The molecule has 0 spiro atoms. The van der Waals surface area contributed by atoms with E-state index in [1.807, 2.05) is 6.92 Å². The Labute approximate surface area is 160 Å². The SMILES string of the molecule is CCOc1cc(C=C2SC(=S)N(c3ccc(Cl)cc3)C2=O)ccc1O. The largest absolute Gasteiger partial charge is 0.504 e. The smallest absolute Gasteiger partial charge is 0.270 e. The van der Waals surface area contributed by atoms with Gasteiger partial charge in [-0.25, -0.2) is 0 Å². The third kappa shape index (κ3) is 3.81. The molecule has 1 aliphatic heterocycles. The topological polar surface area (TPSA) is 49.8 Å². The van der Waals surface area contributed by atoms with Crippen molar-refractivity contribution >= 4 is 57.6 Å². The lowest BCUT2D eigenvalue weighted by Gasteiger charge is -2.14. The standard InChI is InChI=1S/C18H14ClNO3S2/c1-2-23-15-9-11(3-8-14(15)21)10-16-17(22)20(18(24)25-16)13-6-4-12(19)5-7-13/h3-10,21H,2H2,1H3. The zero-order valence-electron chi connectivity index (χ0n) is 13.2. The Kier molecular flexibility index (Phi) is 5.32. The first-order chi connectivity index (χ1) is 12.0. The van der Waals surface area contributed by atoms with Crippen LogP contribution in [0.3, 0.4) is 0 Å². The molecule has 0 unspecified atom stereocenters. The maximum atomic E-state index is 12.7. The van der Waals surface area contributed by atoms with Crippen molar-refractivity contribution in [3.8, 4) is 11.5 Å². The maximum absolute atomic E-state index is 12.7. The molecule has 128 valence electrons. The quantitative estimate of drug-likeness (QED) is 0.596. The fraction of sp³-hybridized carbons (Fsp3) is 0.111. The van der Waals surface area contributed by atoms with E-state index in [1.54, 1.807) is 42.5 Å². The number of anilines is 1. The number of rotatable bonds is 4. The predicted octanol–water partition coefficient (Wildman–Crippen LogP) is 4.85. The zero-order valence-corrected chi connectivity index (χ0v) is 15.6. The maximum Gasteiger partial charge on any atom is 0.270 e. The Morgan fingerprint density at radius 2 is 2.00 bits per heavy atom. The predicted molar refractivity (Wildman–Crippen MR) is 106 cm³/mol. The van der Waals surface area contributed by atoms with Crippen LogP contribution in [-0.2, 0) is 4.79 Å². The number of hydrogen-bond donors (Lipinski definition) is 1. The molecule has 1 saturated heterocycles. The van der Waals surface area contributed by atoms with Crippen LogP contribution in [0.25, 0.3) is 6.08 Å². The van der Waals surface area contributed by atoms with Crippen LogP contribution >= 0.6 is 35.6 Å². The van der Waals surface area contributed by atoms with Gasteiger partial charge >= 0.3 is 0 Å². The average molecular weight is 392 g/mol. The van der Waals surface area contributed by atoms with Crippen molar-refractivity contribution in [1.82, 2.24) is 0 Å². The Morgan fingerprint density at radius 3 is 2.68 bits per heavy atom. The number of thioether (sulfide) groups is 1. The van der Waals surface area contributed by atoms with Crippen LogP contribution in [0.1, 0.15) is 12.5 Å². The third-order valence-electron chi connectivity index (χ3n) is 3.46. The number of phenols is 1. The lowest BCUT2D eigenvalue weighted by atomic mass is 10.2. The van der Waals surface area contributed by atoms with E-state index >= 15 is 0 Å². The number of amides is 1. The highest BCUT2D eigenvalue weighted by atomic mass is 35.5. The Bertz CT molecular complexity index is 865. The molecule has 4 nitrogen and oxygen atoms in total. The van der Waals surface area contributed by atoms with Crippen molar-refractivity contribution in [1.29, 1.82) is 0 Å². The summed E-state index contributed by atoms with van der Waals surface area (Å²) in [7, 11) is 0. The van der Waals surface area contributed by atoms with Crippen LogP contribution in [0.15, 0.2) is 47.4 Å². The van der Waals surface area contributed by atoms with Gasteiger partial charge in [0, 0.05) is 5.02 Å². The number of carbonyl (C=O) groups is 1. The molecule has 3 rings (SSSR count). The molecule has 1 N–H and O–H groups in total. The second kappa shape index (κ2) is 7.47. The Morgan fingerprint density at radius 1 is 1.28 bits per heavy atom. The van der Waals surface area contributed by atoms with Crippen LogP contribution in [0.4, 0.5) is 5.69 Å². The Hall–Kier alpha value is -2.02. The first-order valence-corrected chi connectivity index (χ1v) is 9.09. The zero-order chi connectivity index (χ0) is 18.0. The highest BCUT2D eigenvalue weighted by molar-refractivity contribution is 8.27. The van der Waals surface area contributed by atoms with Gasteiger partial charge in [0.25, 0.3) is 5.91 Å². The van der Waals surface area contributed by atoms with Gasteiger partial charge in [0.1, 0.15) is 0 Å². The van der Waals surface area contributed by atoms with Crippen molar-refractivity contribution in [3.63, 3.8) is 0 Å². The van der Waals surface area contributed by atoms with Crippen molar-refractivity contribution in [2.45, 2.75) is 6.92 Å². The van der Waals surface area contributed by atoms with Crippen LogP contribution in [0.5, 0.6) is 11.5 Å². The molecule has 0 aromatic heterocycles. The molecule has 0 bridgehead atoms. The van der Waals surface area contributed by atoms with Gasteiger partial charge < -0.3 is 9.84 Å². The van der Waals surface area contributed by atoms with Gasteiger partial charge in [-0.1, -0.05) is 41.6 Å². The van der Waals surface area contributed by atoms with Crippen molar-refractivity contribution in [2.75, 3.05) is 11.5 Å². The van der Waals surface area contributed by atoms with Crippen molar-refractivity contribution in [2.24, 2.45) is 0 Å². The van der Waals surface area contributed by atoms with E-state index in [-0.39, 0.29) is 11.7 Å². The molecule has 0 saturated carbocycles. The summed E-state index contributed by atoms with van der Waals surface area (Å²) >= 11 is 12.5. The number of halogens is 1. The molecule has 0 atom stereocenters. The van der Waals surface area contributed by atoms with Crippen molar-refractivity contribution in [3.05, 3.63) is 58.0 Å². The number of ether oxygens (including phenoxy) is 1. The van der Waals surface area contributed by atoms with Crippen LogP contribution in [-0.4, -0.2) is 21.9 Å². The average Bonchev–Trinajstić information content (AvgIpc) is 2.86. The lowest BCUT2D eigenvalue weighted by molar-refractivity contribution is -0.113. The van der Waals surface area contributed by atoms with Crippen LogP contribution in [0, 0.1) is 0 Å². The molecule has 1 fully saturated rings. The summed E-state index contributed by atoms with van der Waals surface area (Å²) in [6.45, 7) is 2.28. The van der Waals surface area contributed by atoms with E-state index in [4.69, 9.17) is 28.6 Å². The number of phenolic OH excluding ortho intramolecular Hbond substituents is 1. The van der Waals surface area contributed by atoms with E-state index in [2.05, 4.69) is 0 Å². The minimum Gasteiger partial charge on any atom is -0.504 e. The number of thiocarbonyl (C=S) groups is 1. The molecular formula is C18H14ClNO3S2.